The number of carbonyl (C=O) groups excluding carboxylic acids is 1. The number of hydrogen-bond donors (Lipinski definition) is 1. The average molecular weight is 426 g/mol. The molecule has 1 N–H and O–H groups in total. The van der Waals surface area contributed by atoms with E-state index in [9.17, 15) is 9.59 Å². The summed E-state index contributed by atoms with van der Waals surface area (Å²) in [6.45, 7) is 10.2. The second kappa shape index (κ2) is 8.08. The summed E-state index contributed by atoms with van der Waals surface area (Å²) in [5.41, 5.74) is 4.68. The summed E-state index contributed by atoms with van der Waals surface area (Å²) in [5, 5.41) is 3.56. The standard InChI is InChI=1S/C27H27N3O2/c1-17-16-21(30-18(2)28-24-9-7-6-8-22(24)26(30)32)14-15-23(17)29-25(31)19-10-12-20(13-11-19)27(3,4)5/h6-16H,1-5H3,(H,29,31). The van der Waals surface area contributed by atoms with Crippen LogP contribution in [0.3, 0.4) is 0 Å². The Balaban J connectivity index is 1.63. The van der Waals surface area contributed by atoms with Crippen molar-refractivity contribution in [3.05, 3.63) is 99.6 Å². The van der Waals surface area contributed by atoms with Gasteiger partial charge < -0.3 is 5.32 Å². The fourth-order valence-electron chi connectivity index (χ4n) is 3.79. The van der Waals surface area contributed by atoms with Crippen LogP contribution >= 0.6 is 0 Å². The van der Waals surface area contributed by atoms with Crippen molar-refractivity contribution in [3.8, 4) is 5.69 Å². The molecule has 0 aliphatic carbocycles. The molecule has 4 rings (SSSR count). The summed E-state index contributed by atoms with van der Waals surface area (Å²) in [7, 11) is 0. The number of anilines is 1. The van der Waals surface area contributed by atoms with E-state index in [4.69, 9.17) is 0 Å². The van der Waals surface area contributed by atoms with Gasteiger partial charge in [0.15, 0.2) is 0 Å². The number of rotatable bonds is 3. The zero-order valence-electron chi connectivity index (χ0n) is 19.1. The minimum Gasteiger partial charge on any atom is -0.322 e. The van der Waals surface area contributed by atoms with E-state index < -0.39 is 0 Å². The summed E-state index contributed by atoms with van der Waals surface area (Å²) in [4.78, 5) is 30.4. The van der Waals surface area contributed by atoms with E-state index >= 15 is 0 Å². The minimum absolute atomic E-state index is 0.0370. The highest BCUT2D eigenvalue weighted by molar-refractivity contribution is 6.04. The number of para-hydroxylation sites is 1. The highest BCUT2D eigenvalue weighted by Crippen LogP contribution is 2.24. The molecular formula is C27H27N3O2. The van der Waals surface area contributed by atoms with Gasteiger partial charge in [-0.1, -0.05) is 45.0 Å². The zero-order valence-corrected chi connectivity index (χ0v) is 19.1. The Labute approximate surface area is 187 Å². The minimum atomic E-state index is -0.165. The topological polar surface area (TPSA) is 64.0 Å². The molecule has 3 aromatic carbocycles. The lowest BCUT2D eigenvalue weighted by atomic mass is 9.87. The monoisotopic (exact) mass is 425 g/mol. The Morgan fingerprint density at radius 1 is 0.938 bits per heavy atom. The first-order valence-corrected chi connectivity index (χ1v) is 10.7. The van der Waals surface area contributed by atoms with Crippen LogP contribution in [0.2, 0.25) is 0 Å². The maximum atomic E-state index is 13.1. The Morgan fingerprint density at radius 2 is 1.62 bits per heavy atom. The van der Waals surface area contributed by atoms with Crippen LogP contribution < -0.4 is 10.9 Å². The van der Waals surface area contributed by atoms with E-state index in [1.807, 2.05) is 74.5 Å². The van der Waals surface area contributed by atoms with Gasteiger partial charge in [-0.3, -0.25) is 14.2 Å². The van der Waals surface area contributed by atoms with Gasteiger partial charge >= 0.3 is 0 Å². The molecule has 4 aromatic rings. The molecule has 0 fully saturated rings. The predicted octanol–water partition coefficient (Wildman–Crippen LogP) is 5.55. The maximum absolute atomic E-state index is 13.1. The molecular weight excluding hydrogens is 398 g/mol. The van der Waals surface area contributed by atoms with Crippen LogP contribution in [0.4, 0.5) is 5.69 Å². The van der Waals surface area contributed by atoms with Crippen molar-refractivity contribution < 1.29 is 4.79 Å². The highest BCUT2D eigenvalue weighted by atomic mass is 16.1. The van der Waals surface area contributed by atoms with Gasteiger partial charge in [-0.05, 0) is 72.9 Å². The molecule has 32 heavy (non-hydrogen) atoms. The van der Waals surface area contributed by atoms with Crippen molar-refractivity contribution in [2.75, 3.05) is 5.32 Å². The van der Waals surface area contributed by atoms with Gasteiger partial charge in [0.2, 0.25) is 0 Å². The lowest BCUT2D eigenvalue weighted by Crippen LogP contribution is -2.22. The molecule has 0 aliphatic heterocycles. The molecule has 1 heterocycles. The largest absolute Gasteiger partial charge is 0.322 e. The third-order valence-electron chi connectivity index (χ3n) is 5.67. The second-order valence-corrected chi connectivity index (χ2v) is 9.10. The fourth-order valence-corrected chi connectivity index (χ4v) is 3.79. The first-order chi connectivity index (χ1) is 15.1. The van der Waals surface area contributed by atoms with Gasteiger partial charge in [0.05, 0.1) is 16.6 Å². The number of carbonyl (C=O) groups is 1. The first kappa shape index (κ1) is 21.5. The quantitative estimate of drug-likeness (QED) is 0.468. The van der Waals surface area contributed by atoms with Crippen LogP contribution in [-0.2, 0) is 5.41 Å². The average Bonchev–Trinajstić information content (AvgIpc) is 2.75. The Bertz CT molecular complexity index is 1380. The molecule has 0 saturated heterocycles. The van der Waals surface area contributed by atoms with E-state index in [2.05, 4.69) is 31.1 Å². The van der Waals surface area contributed by atoms with Gasteiger partial charge in [0, 0.05) is 11.3 Å². The van der Waals surface area contributed by atoms with Crippen LogP contribution in [0, 0.1) is 13.8 Å². The van der Waals surface area contributed by atoms with Crippen molar-refractivity contribution in [2.24, 2.45) is 0 Å². The molecule has 1 aromatic heterocycles. The van der Waals surface area contributed by atoms with Gasteiger partial charge in [-0.25, -0.2) is 4.98 Å². The maximum Gasteiger partial charge on any atom is 0.265 e. The summed E-state index contributed by atoms with van der Waals surface area (Å²) >= 11 is 0. The predicted molar refractivity (Wildman–Crippen MR) is 130 cm³/mol. The third kappa shape index (κ3) is 4.06. The Morgan fingerprint density at radius 3 is 2.28 bits per heavy atom. The van der Waals surface area contributed by atoms with Crippen molar-refractivity contribution >= 4 is 22.5 Å². The molecule has 5 heteroatoms. The molecule has 5 nitrogen and oxygen atoms in total. The van der Waals surface area contributed by atoms with Gasteiger partial charge in [-0.15, -0.1) is 0 Å². The first-order valence-electron chi connectivity index (χ1n) is 10.7. The number of amides is 1. The number of aromatic nitrogens is 2. The number of benzene rings is 3. The molecule has 0 unspecified atom stereocenters. The van der Waals surface area contributed by atoms with Gasteiger partial charge in [0.25, 0.3) is 11.5 Å². The smallest absolute Gasteiger partial charge is 0.265 e. The van der Waals surface area contributed by atoms with Crippen molar-refractivity contribution in [2.45, 2.75) is 40.0 Å². The van der Waals surface area contributed by atoms with Crippen LogP contribution in [0.25, 0.3) is 16.6 Å². The molecule has 0 bridgehead atoms. The molecule has 0 saturated carbocycles. The molecule has 0 aliphatic rings. The van der Waals surface area contributed by atoms with Crippen LogP contribution in [0.1, 0.15) is 48.1 Å². The molecule has 162 valence electrons. The van der Waals surface area contributed by atoms with Crippen molar-refractivity contribution in [3.63, 3.8) is 0 Å². The molecule has 0 spiro atoms. The Kier molecular flexibility index (Phi) is 5.43. The van der Waals surface area contributed by atoms with Gasteiger partial charge in [-0.2, -0.15) is 0 Å². The number of aryl methyl sites for hydroxylation is 2. The van der Waals surface area contributed by atoms with Crippen LogP contribution in [0.15, 0.2) is 71.5 Å². The van der Waals surface area contributed by atoms with E-state index in [1.54, 1.807) is 10.6 Å². The van der Waals surface area contributed by atoms with Crippen LogP contribution in [0.5, 0.6) is 0 Å². The van der Waals surface area contributed by atoms with Crippen molar-refractivity contribution in [1.82, 2.24) is 9.55 Å². The molecule has 0 radical (unpaired) electrons. The lowest BCUT2D eigenvalue weighted by molar-refractivity contribution is 0.102. The lowest BCUT2D eigenvalue weighted by Gasteiger charge is -2.19. The number of nitrogens with zero attached hydrogens (tertiary/aromatic N) is 2. The number of nitrogens with one attached hydrogen (secondary N) is 1. The second-order valence-electron chi connectivity index (χ2n) is 9.10. The van der Waals surface area contributed by atoms with Crippen LogP contribution in [-0.4, -0.2) is 15.5 Å². The number of hydrogen-bond acceptors (Lipinski definition) is 3. The Hall–Kier alpha value is -3.73. The molecule has 0 atom stereocenters. The normalized spacial score (nSPS) is 11.5. The van der Waals surface area contributed by atoms with Crippen molar-refractivity contribution in [1.29, 1.82) is 0 Å². The zero-order chi connectivity index (χ0) is 23.0. The van der Waals surface area contributed by atoms with E-state index in [0.717, 1.165) is 11.3 Å². The van der Waals surface area contributed by atoms with E-state index in [0.29, 0.717) is 28.0 Å². The van der Waals surface area contributed by atoms with E-state index in [1.165, 1.54) is 5.56 Å². The summed E-state index contributed by atoms with van der Waals surface area (Å²) in [6, 6.07) is 20.6. The summed E-state index contributed by atoms with van der Waals surface area (Å²) < 4.78 is 1.60. The highest BCUT2D eigenvalue weighted by Gasteiger charge is 2.15. The molecule has 1 amide bonds. The summed E-state index contributed by atoms with van der Waals surface area (Å²) in [6.07, 6.45) is 0. The number of fused-ring (bicyclic) bond motifs is 1. The summed E-state index contributed by atoms with van der Waals surface area (Å²) in [5.74, 6) is 0.450. The SMILES string of the molecule is Cc1cc(-n2c(C)nc3ccccc3c2=O)ccc1NC(=O)c1ccc(C(C)(C)C)cc1. The van der Waals surface area contributed by atoms with E-state index in [-0.39, 0.29) is 16.9 Å². The third-order valence-corrected chi connectivity index (χ3v) is 5.67. The van der Waals surface area contributed by atoms with Gasteiger partial charge in [0.1, 0.15) is 5.82 Å². The fraction of sp³-hybridized carbons (Fsp3) is 0.222.